The summed E-state index contributed by atoms with van der Waals surface area (Å²) in [6.07, 6.45) is 1.20. The molecule has 0 N–H and O–H groups in total. The van der Waals surface area contributed by atoms with Crippen LogP contribution in [0.4, 0.5) is 0 Å². The molecule has 1 aliphatic rings. The smallest absolute Gasteiger partial charge is 0.311 e. The first-order valence-corrected chi connectivity index (χ1v) is 10.5. The maximum Gasteiger partial charge on any atom is 0.311 e. The number of halogens is 1. The molecule has 0 bridgehead atoms. The number of carbonyl (C=O) groups excluding carboxylic acids is 1. The Balaban J connectivity index is 2.01. The van der Waals surface area contributed by atoms with Gasteiger partial charge in [-0.25, -0.2) is 0 Å². The van der Waals surface area contributed by atoms with Crippen LogP contribution in [0.5, 0.6) is 0 Å². The summed E-state index contributed by atoms with van der Waals surface area (Å²) < 4.78 is 7.64. The van der Waals surface area contributed by atoms with Crippen LogP contribution < -0.4 is 0 Å². The van der Waals surface area contributed by atoms with Crippen molar-refractivity contribution in [3.63, 3.8) is 0 Å². The predicted molar refractivity (Wildman–Crippen MR) is 118 cm³/mol. The van der Waals surface area contributed by atoms with Gasteiger partial charge in [0.15, 0.2) is 0 Å². The second kappa shape index (κ2) is 7.72. The average Bonchev–Trinajstić information content (AvgIpc) is 3.14. The van der Waals surface area contributed by atoms with Crippen LogP contribution >= 0.6 is 11.6 Å². The summed E-state index contributed by atoms with van der Waals surface area (Å²) in [6.45, 7) is 7.65. The summed E-state index contributed by atoms with van der Waals surface area (Å²) in [4.78, 5) is 12.5. The van der Waals surface area contributed by atoms with E-state index in [0.717, 1.165) is 35.3 Å². The van der Waals surface area contributed by atoms with E-state index in [2.05, 4.69) is 42.7 Å². The van der Waals surface area contributed by atoms with Crippen molar-refractivity contribution in [1.82, 2.24) is 4.57 Å². The van der Waals surface area contributed by atoms with E-state index in [1.165, 1.54) is 11.3 Å². The molecule has 0 unspecified atom stereocenters. The Morgan fingerprint density at radius 3 is 2.45 bits per heavy atom. The number of benzene rings is 2. The molecule has 0 aliphatic carbocycles. The molecular formula is C25H26ClNO2. The van der Waals surface area contributed by atoms with Crippen molar-refractivity contribution in [1.29, 1.82) is 0 Å². The van der Waals surface area contributed by atoms with E-state index in [-0.39, 0.29) is 17.8 Å². The fourth-order valence-electron chi connectivity index (χ4n) is 4.44. The number of ether oxygens (including phenoxy) is 1. The van der Waals surface area contributed by atoms with E-state index >= 15 is 0 Å². The first-order valence-electron chi connectivity index (χ1n) is 10.1. The standard InChI is InChI=1S/C25H26ClNO2/c1-4-29-22(28)14-20-24(18-12-8-9-13-19(18)26)23(17-10-6-5-7-11-17)21-15-25(2,3)16-27(20)21/h5-13H,4,14-16H2,1-3H3. The van der Waals surface area contributed by atoms with Crippen LogP contribution in [0.2, 0.25) is 5.02 Å². The molecule has 4 heteroatoms. The van der Waals surface area contributed by atoms with E-state index in [4.69, 9.17) is 16.3 Å². The summed E-state index contributed by atoms with van der Waals surface area (Å²) in [5.41, 5.74) is 6.77. The van der Waals surface area contributed by atoms with Gasteiger partial charge in [-0.15, -0.1) is 0 Å². The van der Waals surface area contributed by atoms with Gasteiger partial charge in [-0.3, -0.25) is 4.79 Å². The fraction of sp³-hybridized carbons (Fsp3) is 0.320. The highest BCUT2D eigenvalue weighted by Gasteiger charge is 2.36. The molecule has 1 aromatic heterocycles. The lowest BCUT2D eigenvalue weighted by atomic mass is 9.86. The zero-order valence-electron chi connectivity index (χ0n) is 17.2. The quantitative estimate of drug-likeness (QED) is 0.474. The fourth-order valence-corrected chi connectivity index (χ4v) is 4.67. The zero-order chi connectivity index (χ0) is 20.6. The zero-order valence-corrected chi connectivity index (χ0v) is 17.9. The molecule has 150 valence electrons. The van der Waals surface area contributed by atoms with Crippen molar-refractivity contribution in [2.24, 2.45) is 5.41 Å². The molecule has 1 aliphatic heterocycles. The van der Waals surface area contributed by atoms with E-state index in [1.807, 2.05) is 37.3 Å². The van der Waals surface area contributed by atoms with E-state index in [1.54, 1.807) is 0 Å². The van der Waals surface area contributed by atoms with Gasteiger partial charge in [0.05, 0.1) is 13.0 Å². The number of aromatic nitrogens is 1. The molecule has 0 saturated carbocycles. The Morgan fingerprint density at radius 1 is 1.07 bits per heavy atom. The summed E-state index contributed by atoms with van der Waals surface area (Å²) in [7, 11) is 0. The summed E-state index contributed by atoms with van der Waals surface area (Å²) >= 11 is 6.64. The average molecular weight is 408 g/mol. The highest BCUT2D eigenvalue weighted by Crippen LogP contribution is 2.48. The van der Waals surface area contributed by atoms with Crippen molar-refractivity contribution < 1.29 is 9.53 Å². The van der Waals surface area contributed by atoms with E-state index < -0.39 is 0 Å². The molecule has 0 amide bonds. The minimum atomic E-state index is -0.203. The van der Waals surface area contributed by atoms with Gasteiger partial charge in [-0.1, -0.05) is 74.0 Å². The highest BCUT2D eigenvalue weighted by atomic mass is 35.5. The molecule has 29 heavy (non-hydrogen) atoms. The third kappa shape index (κ3) is 3.72. The van der Waals surface area contributed by atoms with Crippen LogP contribution in [0.1, 0.15) is 32.2 Å². The van der Waals surface area contributed by atoms with Crippen molar-refractivity contribution >= 4 is 17.6 Å². The predicted octanol–water partition coefficient (Wildman–Crippen LogP) is 6.16. The summed E-state index contributed by atoms with van der Waals surface area (Å²) in [5.74, 6) is -0.203. The molecule has 3 aromatic rings. The van der Waals surface area contributed by atoms with Crippen LogP contribution in [-0.2, 0) is 28.9 Å². The van der Waals surface area contributed by atoms with Crippen LogP contribution in [0.3, 0.4) is 0 Å². The normalized spacial score (nSPS) is 14.6. The van der Waals surface area contributed by atoms with E-state index in [0.29, 0.717) is 11.6 Å². The number of rotatable bonds is 5. The SMILES string of the molecule is CCOC(=O)Cc1c(-c2ccccc2Cl)c(-c2ccccc2)c2n1CC(C)(C)C2. The van der Waals surface area contributed by atoms with Crippen LogP contribution in [0.15, 0.2) is 54.6 Å². The van der Waals surface area contributed by atoms with Crippen LogP contribution in [0.25, 0.3) is 22.3 Å². The summed E-state index contributed by atoms with van der Waals surface area (Å²) in [5, 5.41) is 0.693. The lowest BCUT2D eigenvalue weighted by Gasteiger charge is -2.19. The molecule has 0 saturated heterocycles. The Kier molecular flexibility index (Phi) is 5.26. The van der Waals surface area contributed by atoms with Crippen molar-refractivity contribution in [2.45, 2.75) is 40.2 Å². The number of nitrogens with zero attached hydrogens (tertiary/aromatic N) is 1. The Hall–Kier alpha value is -2.52. The minimum Gasteiger partial charge on any atom is -0.466 e. The molecular weight excluding hydrogens is 382 g/mol. The van der Waals surface area contributed by atoms with Gasteiger partial charge in [-0.05, 0) is 30.4 Å². The molecule has 2 heterocycles. The van der Waals surface area contributed by atoms with E-state index in [9.17, 15) is 4.79 Å². The maximum atomic E-state index is 12.5. The van der Waals surface area contributed by atoms with Gasteiger partial charge in [0.2, 0.25) is 0 Å². The molecule has 0 radical (unpaired) electrons. The van der Waals surface area contributed by atoms with Gasteiger partial charge in [0.1, 0.15) is 0 Å². The third-order valence-corrected chi connectivity index (χ3v) is 5.86. The van der Waals surface area contributed by atoms with Gasteiger partial charge in [-0.2, -0.15) is 0 Å². The van der Waals surface area contributed by atoms with Crippen LogP contribution in [0, 0.1) is 5.41 Å². The molecule has 4 rings (SSSR count). The molecule has 3 nitrogen and oxygen atoms in total. The summed E-state index contributed by atoms with van der Waals surface area (Å²) in [6, 6.07) is 18.3. The lowest BCUT2D eigenvalue weighted by molar-refractivity contribution is -0.142. The van der Waals surface area contributed by atoms with Crippen molar-refractivity contribution in [3.8, 4) is 22.3 Å². The Bertz CT molecular complexity index is 1050. The Morgan fingerprint density at radius 2 is 1.76 bits per heavy atom. The number of fused-ring (bicyclic) bond motifs is 1. The van der Waals surface area contributed by atoms with Gasteiger partial charge >= 0.3 is 5.97 Å². The number of carbonyl (C=O) groups is 1. The maximum absolute atomic E-state index is 12.5. The first-order chi connectivity index (χ1) is 13.9. The molecule has 0 spiro atoms. The Labute approximate surface area is 177 Å². The highest BCUT2D eigenvalue weighted by molar-refractivity contribution is 6.33. The third-order valence-electron chi connectivity index (χ3n) is 5.53. The second-order valence-corrected chi connectivity index (χ2v) is 8.81. The number of hydrogen-bond acceptors (Lipinski definition) is 2. The number of esters is 1. The van der Waals surface area contributed by atoms with Gasteiger partial charge < -0.3 is 9.30 Å². The minimum absolute atomic E-state index is 0.140. The molecule has 0 atom stereocenters. The largest absolute Gasteiger partial charge is 0.466 e. The topological polar surface area (TPSA) is 31.2 Å². The van der Waals surface area contributed by atoms with Crippen molar-refractivity contribution in [3.05, 3.63) is 71.0 Å². The van der Waals surface area contributed by atoms with Crippen molar-refractivity contribution in [2.75, 3.05) is 6.61 Å². The lowest BCUT2D eigenvalue weighted by Crippen LogP contribution is -2.16. The molecule has 2 aromatic carbocycles. The molecule has 0 fully saturated rings. The second-order valence-electron chi connectivity index (χ2n) is 8.40. The number of hydrogen-bond donors (Lipinski definition) is 0. The van der Waals surface area contributed by atoms with Gasteiger partial charge in [0, 0.05) is 39.6 Å². The van der Waals surface area contributed by atoms with Gasteiger partial charge in [0.25, 0.3) is 0 Å². The first kappa shape index (κ1) is 19.8. The van der Waals surface area contributed by atoms with Crippen LogP contribution in [-0.4, -0.2) is 17.1 Å². The monoisotopic (exact) mass is 407 g/mol.